The molecule has 2 rings (SSSR count). The van der Waals surface area contributed by atoms with Crippen LogP contribution in [-0.2, 0) is 12.0 Å². The summed E-state index contributed by atoms with van der Waals surface area (Å²) in [7, 11) is 0. The molecule has 2 aromatic rings. The van der Waals surface area contributed by atoms with Crippen molar-refractivity contribution in [2.75, 3.05) is 6.54 Å². The van der Waals surface area contributed by atoms with Gasteiger partial charge in [0.15, 0.2) is 0 Å². The maximum absolute atomic E-state index is 11.0. The van der Waals surface area contributed by atoms with E-state index in [0.717, 1.165) is 6.54 Å². The van der Waals surface area contributed by atoms with E-state index in [9.17, 15) is 10.1 Å². The predicted molar refractivity (Wildman–Crippen MR) is 87.2 cm³/mol. The first-order chi connectivity index (χ1) is 9.90. The van der Waals surface area contributed by atoms with Gasteiger partial charge in [0.2, 0.25) is 0 Å². The van der Waals surface area contributed by atoms with Gasteiger partial charge in [-0.3, -0.25) is 10.1 Å². The smallest absolute Gasteiger partial charge is 0.275 e. The van der Waals surface area contributed by atoms with E-state index in [1.54, 1.807) is 23.5 Å². The third kappa shape index (κ3) is 4.03. The molecule has 0 saturated carbocycles. The normalized spacial score (nSPS) is 11.6. The van der Waals surface area contributed by atoms with E-state index in [0.29, 0.717) is 17.1 Å². The Morgan fingerprint density at radius 2 is 2.14 bits per heavy atom. The van der Waals surface area contributed by atoms with Crippen LogP contribution in [0.5, 0.6) is 0 Å². The number of nitrogens with zero attached hydrogens (tertiary/aromatic N) is 1. The molecule has 0 fully saturated rings. The monoisotopic (exact) mass is 324 g/mol. The van der Waals surface area contributed by atoms with Gasteiger partial charge in [0, 0.05) is 40.0 Å². The molecule has 0 aliphatic carbocycles. The van der Waals surface area contributed by atoms with Crippen LogP contribution in [0.4, 0.5) is 5.69 Å². The van der Waals surface area contributed by atoms with E-state index >= 15 is 0 Å². The second-order valence-corrected chi connectivity index (χ2v) is 6.88. The Morgan fingerprint density at radius 3 is 2.76 bits per heavy atom. The fourth-order valence-electron chi connectivity index (χ4n) is 2.12. The zero-order valence-electron chi connectivity index (χ0n) is 11.9. The van der Waals surface area contributed by atoms with E-state index < -0.39 is 4.92 Å². The van der Waals surface area contributed by atoms with Gasteiger partial charge in [0.25, 0.3) is 5.69 Å². The van der Waals surface area contributed by atoms with E-state index in [1.807, 2.05) is 6.07 Å². The van der Waals surface area contributed by atoms with Crippen LogP contribution in [-0.4, -0.2) is 11.5 Å². The van der Waals surface area contributed by atoms with Gasteiger partial charge in [-0.05, 0) is 23.6 Å². The lowest BCUT2D eigenvalue weighted by atomic mass is 9.91. The van der Waals surface area contributed by atoms with Crippen molar-refractivity contribution in [2.45, 2.75) is 25.8 Å². The molecule has 4 nitrogen and oxygen atoms in total. The zero-order valence-corrected chi connectivity index (χ0v) is 13.5. The molecule has 6 heteroatoms. The Labute approximate surface area is 132 Å². The van der Waals surface area contributed by atoms with E-state index in [-0.39, 0.29) is 11.1 Å². The zero-order chi connectivity index (χ0) is 15.5. The first kappa shape index (κ1) is 15.9. The van der Waals surface area contributed by atoms with Crippen molar-refractivity contribution in [1.29, 1.82) is 0 Å². The lowest BCUT2D eigenvalue weighted by Crippen LogP contribution is -2.32. The van der Waals surface area contributed by atoms with Gasteiger partial charge < -0.3 is 5.32 Å². The van der Waals surface area contributed by atoms with Crippen molar-refractivity contribution in [2.24, 2.45) is 0 Å². The standard InChI is InChI=1S/C15H17ClN2O2S/c1-15(2,14-4-3-7-21-14)10-17-9-11-5-6-12(16)8-13(11)18(19)20/h3-8,17H,9-10H2,1-2H3. The van der Waals surface area contributed by atoms with Gasteiger partial charge in [-0.15, -0.1) is 11.3 Å². The van der Waals surface area contributed by atoms with Crippen molar-refractivity contribution in [3.05, 3.63) is 61.3 Å². The van der Waals surface area contributed by atoms with Crippen LogP contribution in [0.15, 0.2) is 35.7 Å². The molecule has 0 saturated heterocycles. The lowest BCUT2D eigenvalue weighted by molar-refractivity contribution is -0.385. The van der Waals surface area contributed by atoms with Crippen LogP contribution in [0.1, 0.15) is 24.3 Å². The Morgan fingerprint density at radius 1 is 1.38 bits per heavy atom. The highest BCUT2D eigenvalue weighted by molar-refractivity contribution is 7.10. The first-order valence-electron chi connectivity index (χ1n) is 6.58. The van der Waals surface area contributed by atoms with E-state index in [2.05, 4.69) is 30.6 Å². The number of nitrogens with one attached hydrogen (secondary N) is 1. The summed E-state index contributed by atoms with van der Waals surface area (Å²) in [5, 5.41) is 16.8. The molecule has 0 bridgehead atoms. The van der Waals surface area contributed by atoms with Crippen molar-refractivity contribution < 1.29 is 4.92 Å². The number of thiophene rings is 1. The highest BCUT2D eigenvalue weighted by atomic mass is 35.5. The molecule has 1 aromatic carbocycles. The summed E-state index contributed by atoms with van der Waals surface area (Å²) in [6.07, 6.45) is 0. The topological polar surface area (TPSA) is 55.2 Å². The Bertz CT molecular complexity index is 627. The summed E-state index contributed by atoms with van der Waals surface area (Å²) in [6.45, 7) is 5.50. The third-order valence-electron chi connectivity index (χ3n) is 3.31. The van der Waals surface area contributed by atoms with Crippen LogP contribution >= 0.6 is 22.9 Å². The van der Waals surface area contributed by atoms with E-state index in [1.165, 1.54) is 10.9 Å². The minimum atomic E-state index is -0.396. The van der Waals surface area contributed by atoms with Crippen molar-refractivity contribution in [3.8, 4) is 0 Å². The molecule has 0 aliphatic rings. The number of hydrogen-bond acceptors (Lipinski definition) is 4. The lowest BCUT2D eigenvalue weighted by Gasteiger charge is -2.23. The van der Waals surface area contributed by atoms with Gasteiger partial charge in [-0.1, -0.05) is 31.5 Å². The summed E-state index contributed by atoms with van der Waals surface area (Å²) in [6, 6.07) is 8.91. The van der Waals surface area contributed by atoms with Gasteiger partial charge in [-0.25, -0.2) is 0 Å². The second-order valence-electron chi connectivity index (χ2n) is 5.49. The van der Waals surface area contributed by atoms with Crippen LogP contribution < -0.4 is 5.32 Å². The summed E-state index contributed by atoms with van der Waals surface area (Å²) < 4.78 is 0. The molecule has 1 N–H and O–H groups in total. The van der Waals surface area contributed by atoms with Crippen LogP contribution in [0.2, 0.25) is 5.02 Å². The molecule has 0 radical (unpaired) electrons. The largest absolute Gasteiger partial charge is 0.312 e. The van der Waals surface area contributed by atoms with Crippen LogP contribution in [0.3, 0.4) is 0 Å². The van der Waals surface area contributed by atoms with Gasteiger partial charge in [-0.2, -0.15) is 0 Å². The average Bonchev–Trinajstić information content (AvgIpc) is 2.95. The molecule has 0 spiro atoms. The molecule has 1 aromatic heterocycles. The molecule has 112 valence electrons. The summed E-state index contributed by atoms with van der Waals surface area (Å²) >= 11 is 7.53. The number of benzene rings is 1. The molecule has 1 heterocycles. The van der Waals surface area contributed by atoms with Crippen molar-refractivity contribution in [3.63, 3.8) is 0 Å². The average molecular weight is 325 g/mol. The number of nitro groups is 1. The maximum Gasteiger partial charge on any atom is 0.275 e. The van der Waals surface area contributed by atoms with Gasteiger partial charge in [0.05, 0.1) is 4.92 Å². The number of hydrogen-bond donors (Lipinski definition) is 1. The quantitative estimate of drug-likeness (QED) is 0.633. The molecule has 0 amide bonds. The first-order valence-corrected chi connectivity index (χ1v) is 7.83. The third-order valence-corrected chi connectivity index (χ3v) is 4.79. The predicted octanol–water partition coefficient (Wildman–Crippen LogP) is 4.38. The minimum absolute atomic E-state index is 0.00459. The SMILES string of the molecule is CC(C)(CNCc1ccc(Cl)cc1[N+](=O)[O-])c1cccs1. The maximum atomic E-state index is 11.0. The fourth-order valence-corrected chi connectivity index (χ4v) is 3.14. The summed E-state index contributed by atoms with van der Waals surface area (Å²) in [5.74, 6) is 0. The Kier molecular flexibility index (Phi) is 4.98. The molecule has 0 aliphatic heterocycles. The summed E-state index contributed by atoms with van der Waals surface area (Å²) in [4.78, 5) is 11.9. The highest BCUT2D eigenvalue weighted by Crippen LogP contribution is 2.27. The molecule has 21 heavy (non-hydrogen) atoms. The second kappa shape index (κ2) is 6.56. The van der Waals surface area contributed by atoms with Gasteiger partial charge in [0.1, 0.15) is 0 Å². The Balaban J connectivity index is 2.02. The summed E-state index contributed by atoms with van der Waals surface area (Å²) in [5.41, 5.74) is 0.699. The highest BCUT2D eigenvalue weighted by Gasteiger charge is 2.22. The number of nitro benzene ring substituents is 1. The van der Waals surface area contributed by atoms with Crippen LogP contribution in [0, 0.1) is 10.1 Å². The Hall–Kier alpha value is -1.43. The molecule has 0 unspecified atom stereocenters. The minimum Gasteiger partial charge on any atom is -0.312 e. The fraction of sp³-hybridized carbons (Fsp3) is 0.333. The van der Waals surface area contributed by atoms with Gasteiger partial charge >= 0.3 is 0 Å². The number of halogens is 1. The van der Waals surface area contributed by atoms with Crippen LogP contribution in [0.25, 0.3) is 0 Å². The number of rotatable bonds is 6. The van der Waals surface area contributed by atoms with E-state index in [4.69, 9.17) is 11.6 Å². The van der Waals surface area contributed by atoms with Crippen molar-refractivity contribution >= 4 is 28.6 Å². The molecular formula is C15H17ClN2O2S. The van der Waals surface area contributed by atoms with Crippen molar-refractivity contribution in [1.82, 2.24) is 5.32 Å². The molecular weight excluding hydrogens is 308 g/mol. The molecule has 0 atom stereocenters.